The second-order valence-electron chi connectivity index (χ2n) is 3.93. The van der Waals surface area contributed by atoms with Gasteiger partial charge in [-0.3, -0.25) is 0 Å². The summed E-state index contributed by atoms with van der Waals surface area (Å²) in [5.41, 5.74) is 5.69. The lowest BCUT2D eigenvalue weighted by molar-refractivity contribution is -0.119. The maximum absolute atomic E-state index is 12.4. The van der Waals surface area contributed by atoms with Gasteiger partial charge in [-0.25, -0.2) is 4.98 Å². The normalized spacial score (nSPS) is 12.5. The summed E-state index contributed by atoms with van der Waals surface area (Å²) < 4.78 is 37.3. The van der Waals surface area contributed by atoms with Gasteiger partial charge in [0.1, 0.15) is 12.4 Å². The highest BCUT2D eigenvalue weighted by atomic mass is 19.4. The minimum absolute atomic E-state index is 0.142. The van der Waals surface area contributed by atoms with Gasteiger partial charge >= 0.3 is 6.18 Å². The minimum atomic E-state index is -4.29. The molecule has 3 N–H and O–H groups in total. The summed E-state index contributed by atoms with van der Waals surface area (Å²) >= 11 is 0. The first-order valence-electron chi connectivity index (χ1n) is 5.63. The van der Waals surface area contributed by atoms with Crippen LogP contribution in [0, 0.1) is 0 Å². The number of pyridine rings is 1. The number of alkyl halides is 3. The Kier molecular flexibility index (Phi) is 4.96. The molecule has 0 bridgehead atoms. The highest BCUT2D eigenvalue weighted by Crippen LogP contribution is 2.21. The Morgan fingerprint density at radius 3 is 2.58 bits per heavy atom. The molecule has 1 aromatic heterocycles. The monoisotopic (exact) mass is 276 g/mol. The number of hydrogen-bond donors (Lipinski definition) is 2. The Morgan fingerprint density at radius 2 is 2.16 bits per heavy atom. The third-order valence-electron chi connectivity index (χ3n) is 2.34. The topological polar surface area (TPSA) is 74.7 Å². The standard InChI is InChI=1S/C11H15F3N4O/c1-2-5-18(7-11(12,13)14)9-4-3-8(6-16-9)10(15)17-19/h3-4,6,19H,2,5,7H2,1H3,(H2,15,17). The third-order valence-corrected chi connectivity index (χ3v) is 2.34. The quantitative estimate of drug-likeness (QED) is 0.373. The molecule has 0 atom stereocenters. The van der Waals surface area contributed by atoms with Crippen molar-refractivity contribution in [3.63, 3.8) is 0 Å². The van der Waals surface area contributed by atoms with Crippen molar-refractivity contribution in [1.29, 1.82) is 0 Å². The molecule has 8 heteroatoms. The van der Waals surface area contributed by atoms with Crippen molar-refractivity contribution in [3.05, 3.63) is 23.9 Å². The number of oxime groups is 1. The summed E-state index contributed by atoms with van der Waals surface area (Å²) in [7, 11) is 0. The molecule has 0 amide bonds. The summed E-state index contributed by atoms with van der Waals surface area (Å²) in [6.45, 7) is 0.973. The van der Waals surface area contributed by atoms with Crippen molar-refractivity contribution in [2.45, 2.75) is 19.5 Å². The largest absolute Gasteiger partial charge is 0.409 e. The van der Waals surface area contributed by atoms with E-state index in [2.05, 4.69) is 10.1 Å². The van der Waals surface area contributed by atoms with Crippen LogP contribution in [-0.2, 0) is 0 Å². The third kappa shape index (κ3) is 4.65. The molecule has 0 spiro atoms. The van der Waals surface area contributed by atoms with Gasteiger partial charge in [0, 0.05) is 18.3 Å². The molecule has 0 aliphatic rings. The predicted molar refractivity (Wildman–Crippen MR) is 65.3 cm³/mol. The fourth-order valence-corrected chi connectivity index (χ4v) is 1.54. The second-order valence-corrected chi connectivity index (χ2v) is 3.93. The van der Waals surface area contributed by atoms with Gasteiger partial charge in [0.25, 0.3) is 0 Å². The van der Waals surface area contributed by atoms with E-state index >= 15 is 0 Å². The van der Waals surface area contributed by atoms with Gasteiger partial charge in [-0.1, -0.05) is 12.1 Å². The van der Waals surface area contributed by atoms with Crippen LogP contribution < -0.4 is 10.6 Å². The fourth-order valence-electron chi connectivity index (χ4n) is 1.54. The maximum Gasteiger partial charge on any atom is 0.405 e. The fraction of sp³-hybridized carbons (Fsp3) is 0.455. The molecule has 1 heterocycles. The average Bonchev–Trinajstić information content (AvgIpc) is 2.36. The van der Waals surface area contributed by atoms with Crippen molar-refractivity contribution in [2.24, 2.45) is 10.9 Å². The van der Waals surface area contributed by atoms with Gasteiger partial charge in [-0.05, 0) is 18.6 Å². The summed E-state index contributed by atoms with van der Waals surface area (Å²) in [6.07, 6.45) is -2.45. The van der Waals surface area contributed by atoms with E-state index < -0.39 is 12.7 Å². The van der Waals surface area contributed by atoms with Crippen LogP contribution in [0.15, 0.2) is 23.5 Å². The minimum Gasteiger partial charge on any atom is -0.409 e. The second kappa shape index (κ2) is 6.26. The van der Waals surface area contributed by atoms with Crippen molar-refractivity contribution >= 4 is 11.7 Å². The highest BCUT2D eigenvalue weighted by molar-refractivity contribution is 5.96. The van der Waals surface area contributed by atoms with E-state index in [1.54, 1.807) is 6.92 Å². The Labute approximate surface area is 108 Å². The Hall–Kier alpha value is -1.99. The summed E-state index contributed by atoms with van der Waals surface area (Å²) in [6, 6.07) is 2.87. The molecule has 0 aliphatic heterocycles. The van der Waals surface area contributed by atoms with Crippen LogP contribution in [0.2, 0.25) is 0 Å². The number of rotatable bonds is 5. The predicted octanol–water partition coefficient (Wildman–Crippen LogP) is 1.95. The molecule has 19 heavy (non-hydrogen) atoms. The van der Waals surface area contributed by atoms with Crippen molar-refractivity contribution in [1.82, 2.24) is 4.98 Å². The maximum atomic E-state index is 12.4. The number of aromatic nitrogens is 1. The molecule has 0 saturated carbocycles. The Bertz CT molecular complexity index is 431. The number of hydrogen-bond acceptors (Lipinski definition) is 4. The van der Waals surface area contributed by atoms with Gasteiger partial charge in [0.15, 0.2) is 5.84 Å². The Morgan fingerprint density at radius 1 is 1.47 bits per heavy atom. The first-order valence-corrected chi connectivity index (χ1v) is 5.63. The first kappa shape index (κ1) is 15.1. The lowest BCUT2D eigenvalue weighted by Crippen LogP contribution is -2.35. The van der Waals surface area contributed by atoms with Crippen molar-refractivity contribution < 1.29 is 18.4 Å². The van der Waals surface area contributed by atoms with Gasteiger partial charge < -0.3 is 15.8 Å². The van der Waals surface area contributed by atoms with E-state index in [-0.39, 0.29) is 18.2 Å². The van der Waals surface area contributed by atoms with Crippen LogP contribution in [0.5, 0.6) is 0 Å². The molecule has 106 valence electrons. The zero-order valence-electron chi connectivity index (χ0n) is 10.4. The number of nitrogens with two attached hydrogens (primary N) is 1. The molecule has 0 fully saturated rings. The van der Waals surface area contributed by atoms with E-state index in [4.69, 9.17) is 10.9 Å². The zero-order chi connectivity index (χ0) is 14.5. The molecule has 0 saturated heterocycles. The SMILES string of the molecule is CCCN(CC(F)(F)F)c1ccc(/C(N)=N/O)cn1. The molecule has 0 aliphatic carbocycles. The highest BCUT2D eigenvalue weighted by Gasteiger charge is 2.31. The van der Waals surface area contributed by atoms with Crippen LogP contribution >= 0.6 is 0 Å². The number of anilines is 1. The van der Waals surface area contributed by atoms with Crippen LogP contribution in [0.3, 0.4) is 0 Å². The van der Waals surface area contributed by atoms with Crippen LogP contribution in [0.1, 0.15) is 18.9 Å². The lowest BCUT2D eigenvalue weighted by Gasteiger charge is -2.24. The Balaban J connectivity index is 2.91. The number of nitrogens with zero attached hydrogens (tertiary/aromatic N) is 3. The van der Waals surface area contributed by atoms with Crippen molar-refractivity contribution in [3.8, 4) is 0 Å². The van der Waals surface area contributed by atoms with Crippen LogP contribution in [0.25, 0.3) is 0 Å². The van der Waals surface area contributed by atoms with E-state index in [1.807, 2.05) is 0 Å². The first-order chi connectivity index (χ1) is 8.87. The molecule has 1 aromatic rings. The molecular weight excluding hydrogens is 261 g/mol. The van der Waals surface area contributed by atoms with Gasteiger partial charge in [-0.2, -0.15) is 13.2 Å². The average molecular weight is 276 g/mol. The van der Waals surface area contributed by atoms with Gasteiger partial charge in [-0.15, -0.1) is 0 Å². The molecule has 1 rings (SSSR count). The van der Waals surface area contributed by atoms with E-state index in [1.165, 1.54) is 18.3 Å². The van der Waals surface area contributed by atoms with Gasteiger partial charge in [0.2, 0.25) is 0 Å². The summed E-state index contributed by atoms with van der Waals surface area (Å²) in [5, 5.41) is 11.3. The lowest BCUT2D eigenvalue weighted by atomic mass is 10.2. The van der Waals surface area contributed by atoms with E-state index in [0.29, 0.717) is 12.0 Å². The van der Waals surface area contributed by atoms with Crippen molar-refractivity contribution in [2.75, 3.05) is 18.0 Å². The molecular formula is C11H15F3N4O. The van der Waals surface area contributed by atoms with Crippen LogP contribution in [0.4, 0.5) is 19.0 Å². The summed E-state index contributed by atoms with van der Waals surface area (Å²) in [5.74, 6) is 0.0607. The molecule has 0 unspecified atom stereocenters. The van der Waals surface area contributed by atoms with E-state index in [9.17, 15) is 13.2 Å². The zero-order valence-corrected chi connectivity index (χ0v) is 10.4. The summed E-state index contributed by atoms with van der Waals surface area (Å²) in [4.78, 5) is 5.04. The van der Waals surface area contributed by atoms with E-state index in [0.717, 1.165) is 4.90 Å². The molecule has 5 nitrogen and oxygen atoms in total. The van der Waals surface area contributed by atoms with Crippen LogP contribution in [-0.4, -0.2) is 35.3 Å². The van der Waals surface area contributed by atoms with Gasteiger partial charge in [0.05, 0.1) is 0 Å². The number of halogens is 3. The smallest absolute Gasteiger partial charge is 0.405 e. The number of amidine groups is 1. The molecule has 0 radical (unpaired) electrons. The molecule has 0 aromatic carbocycles.